The number of anilines is 1. The Kier molecular flexibility index (Phi) is 7.04. The van der Waals surface area contributed by atoms with Crippen molar-refractivity contribution in [1.29, 1.82) is 0 Å². The number of thioether (sulfide) groups is 1. The molecule has 0 fully saturated rings. The van der Waals surface area contributed by atoms with Gasteiger partial charge in [0.25, 0.3) is 0 Å². The average molecular weight is 521 g/mol. The Balaban J connectivity index is 1.52. The summed E-state index contributed by atoms with van der Waals surface area (Å²) in [4.78, 5) is 15.8. The quantitative estimate of drug-likeness (QED) is 0.309. The van der Waals surface area contributed by atoms with Gasteiger partial charge in [0.05, 0.1) is 12.7 Å². The molecular weight excluding hydrogens is 499 g/mol. The van der Waals surface area contributed by atoms with E-state index in [9.17, 15) is 9.18 Å². The lowest BCUT2D eigenvalue weighted by atomic mass is 10.1. The van der Waals surface area contributed by atoms with Crippen molar-refractivity contribution < 1.29 is 28.5 Å². The second-order valence-corrected chi connectivity index (χ2v) is 8.82. The van der Waals surface area contributed by atoms with Gasteiger partial charge in [-0.2, -0.15) is 4.98 Å². The van der Waals surface area contributed by atoms with E-state index in [1.165, 1.54) is 24.9 Å². The Morgan fingerprint density at radius 1 is 1.11 bits per heavy atom. The third-order valence-corrected chi connectivity index (χ3v) is 6.39. The molecule has 0 radical (unpaired) electrons. The molecule has 0 spiro atoms. The minimum atomic E-state index is -1.13. The number of carboxylic acid groups (broad SMARTS) is 1. The molecule has 2 heterocycles. The molecular formula is C26H21FN4O5S. The first kappa shape index (κ1) is 24.3. The number of aliphatic carboxylic acids is 1. The van der Waals surface area contributed by atoms with Gasteiger partial charge in [-0.1, -0.05) is 54.2 Å². The topological polar surface area (TPSA) is 116 Å². The molecule has 1 aliphatic rings. The third kappa shape index (κ3) is 5.26. The van der Waals surface area contributed by atoms with Crippen molar-refractivity contribution in [3.63, 3.8) is 0 Å². The van der Waals surface area contributed by atoms with Crippen molar-refractivity contribution in [3.05, 3.63) is 83.7 Å². The molecule has 5 rings (SSSR count). The summed E-state index contributed by atoms with van der Waals surface area (Å²) >= 11 is 1.23. The Bertz CT molecular complexity index is 1450. The number of carbonyl (C=O) groups is 1. The number of ether oxygens (including phenoxy) is 3. The number of para-hydroxylation sites is 2. The first-order valence-corrected chi connectivity index (χ1v) is 12.2. The number of hydrogen-bond acceptors (Lipinski definition) is 9. The van der Waals surface area contributed by atoms with Gasteiger partial charge in [0.2, 0.25) is 17.3 Å². The first-order valence-electron chi connectivity index (χ1n) is 11.2. The van der Waals surface area contributed by atoms with Crippen LogP contribution < -0.4 is 19.5 Å². The highest BCUT2D eigenvalue weighted by Gasteiger charge is 2.29. The summed E-state index contributed by atoms with van der Waals surface area (Å²) in [5.41, 5.74) is 2.88. The van der Waals surface area contributed by atoms with Crippen LogP contribution in [0.25, 0.3) is 11.3 Å². The number of halogens is 1. The van der Waals surface area contributed by atoms with E-state index >= 15 is 0 Å². The van der Waals surface area contributed by atoms with Gasteiger partial charge in [-0.3, -0.25) is 0 Å². The van der Waals surface area contributed by atoms with Crippen molar-refractivity contribution in [3.8, 4) is 28.6 Å². The molecule has 0 bridgehead atoms. The molecule has 0 amide bonds. The van der Waals surface area contributed by atoms with Crippen molar-refractivity contribution >= 4 is 23.4 Å². The van der Waals surface area contributed by atoms with Crippen LogP contribution in [-0.2, 0) is 10.5 Å². The van der Waals surface area contributed by atoms with E-state index in [2.05, 4.69) is 20.5 Å². The largest absolute Gasteiger partial charge is 0.493 e. The summed E-state index contributed by atoms with van der Waals surface area (Å²) in [6.45, 7) is -0.562. The summed E-state index contributed by atoms with van der Waals surface area (Å²) in [5.74, 6) is -0.338. The van der Waals surface area contributed by atoms with Crippen LogP contribution in [0, 0.1) is 5.82 Å². The molecule has 0 unspecified atom stereocenters. The molecule has 9 nitrogen and oxygen atoms in total. The monoisotopic (exact) mass is 520 g/mol. The Morgan fingerprint density at radius 2 is 1.92 bits per heavy atom. The van der Waals surface area contributed by atoms with Gasteiger partial charge in [0, 0.05) is 17.0 Å². The summed E-state index contributed by atoms with van der Waals surface area (Å²) in [7, 11) is 1.47. The predicted molar refractivity (Wildman–Crippen MR) is 134 cm³/mol. The summed E-state index contributed by atoms with van der Waals surface area (Å²) in [6.07, 6.45) is -0.831. The Hall–Kier alpha value is -4.38. The standard InChI is InChI=1S/C26H21FN4O5S/c1-34-20-12-6-9-17(23(20)35-13-21(32)33)24-28-19-11-5-3-8-16(19)22-25(36-24)29-26(31-30-22)37-14-15-7-2-4-10-18(15)27/h2-12,24,28H,13-14H2,1H3,(H,32,33)/t24-/m1/s1. The fourth-order valence-corrected chi connectivity index (χ4v) is 4.56. The molecule has 11 heteroatoms. The van der Waals surface area contributed by atoms with Gasteiger partial charge in [-0.25, -0.2) is 9.18 Å². The first-order chi connectivity index (χ1) is 18.0. The number of methoxy groups -OCH3 is 1. The lowest BCUT2D eigenvalue weighted by molar-refractivity contribution is -0.139. The lowest BCUT2D eigenvalue weighted by Crippen LogP contribution is -2.20. The molecule has 1 aliphatic heterocycles. The molecule has 3 aromatic carbocycles. The lowest BCUT2D eigenvalue weighted by Gasteiger charge is -2.22. The van der Waals surface area contributed by atoms with Crippen LogP contribution in [0.5, 0.6) is 17.4 Å². The number of fused-ring (bicyclic) bond motifs is 3. The van der Waals surface area contributed by atoms with Crippen LogP contribution in [0.3, 0.4) is 0 Å². The average Bonchev–Trinajstić information content (AvgIpc) is 3.07. The van der Waals surface area contributed by atoms with E-state index in [1.807, 2.05) is 24.3 Å². The molecule has 1 atom stereocenters. The molecule has 4 aromatic rings. The van der Waals surface area contributed by atoms with Gasteiger partial charge in [0.1, 0.15) is 5.82 Å². The van der Waals surface area contributed by atoms with Gasteiger partial charge in [0.15, 0.2) is 23.8 Å². The number of nitrogens with one attached hydrogen (secondary N) is 1. The van der Waals surface area contributed by atoms with Crippen LogP contribution in [0.15, 0.2) is 71.9 Å². The molecule has 1 aromatic heterocycles. The minimum absolute atomic E-state index is 0.209. The van der Waals surface area contributed by atoms with Crippen LogP contribution in [0.1, 0.15) is 17.4 Å². The van der Waals surface area contributed by atoms with E-state index < -0.39 is 18.8 Å². The fraction of sp³-hybridized carbons (Fsp3) is 0.154. The smallest absolute Gasteiger partial charge is 0.341 e. The highest BCUT2D eigenvalue weighted by atomic mass is 32.2. The highest BCUT2D eigenvalue weighted by Crippen LogP contribution is 2.43. The fourth-order valence-electron chi connectivity index (χ4n) is 3.80. The molecule has 0 aliphatic carbocycles. The zero-order valence-corrected chi connectivity index (χ0v) is 20.4. The maximum absolute atomic E-state index is 14.1. The van der Waals surface area contributed by atoms with Crippen molar-refractivity contribution in [2.24, 2.45) is 0 Å². The van der Waals surface area contributed by atoms with Crippen molar-refractivity contribution in [1.82, 2.24) is 15.2 Å². The number of carboxylic acids is 1. The van der Waals surface area contributed by atoms with E-state index in [0.717, 1.165) is 5.56 Å². The molecule has 37 heavy (non-hydrogen) atoms. The summed E-state index contributed by atoms with van der Waals surface area (Å²) in [6, 6.07) is 19.1. The summed E-state index contributed by atoms with van der Waals surface area (Å²) < 4.78 is 31.4. The van der Waals surface area contributed by atoms with Crippen LogP contribution in [0.4, 0.5) is 10.1 Å². The van der Waals surface area contributed by atoms with E-state index in [-0.39, 0.29) is 17.4 Å². The third-order valence-electron chi connectivity index (χ3n) is 5.50. The van der Waals surface area contributed by atoms with E-state index in [0.29, 0.717) is 39.2 Å². The summed E-state index contributed by atoms with van der Waals surface area (Å²) in [5, 5.41) is 21.4. The number of nitrogens with zero attached hydrogens (tertiary/aromatic N) is 3. The van der Waals surface area contributed by atoms with Gasteiger partial charge < -0.3 is 24.6 Å². The molecule has 2 N–H and O–H groups in total. The van der Waals surface area contributed by atoms with Crippen LogP contribution in [-0.4, -0.2) is 40.0 Å². The normalized spacial score (nSPS) is 13.8. The van der Waals surface area contributed by atoms with Gasteiger partial charge in [-0.15, -0.1) is 10.2 Å². The van der Waals surface area contributed by atoms with Crippen LogP contribution in [0.2, 0.25) is 0 Å². The predicted octanol–water partition coefficient (Wildman–Crippen LogP) is 4.95. The zero-order chi connectivity index (χ0) is 25.8. The maximum Gasteiger partial charge on any atom is 0.341 e. The molecule has 188 valence electrons. The highest BCUT2D eigenvalue weighted by molar-refractivity contribution is 7.98. The SMILES string of the molecule is COc1cccc([C@@H]2Nc3ccccc3-c3nnc(SCc4ccccc4F)nc3O2)c1OCC(=O)O. The van der Waals surface area contributed by atoms with Crippen LogP contribution >= 0.6 is 11.8 Å². The van der Waals surface area contributed by atoms with Crippen molar-refractivity contribution in [2.75, 3.05) is 19.0 Å². The Labute approximate surface area is 215 Å². The van der Waals surface area contributed by atoms with Gasteiger partial charge in [-0.05, 0) is 29.8 Å². The van der Waals surface area contributed by atoms with E-state index in [1.54, 1.807) is 36.4 Å². The van der Waals surface area contributed by atoms with Gasteiger partial charge >= 0.3 is 5.97 Å². The van der Waals surface area contributed by atoms with Crippen molar-refractivity contribution in [2.45, 2.75) is 17.1 Å². The Morgan fingerprint density at radius 3 is 2.73 bits per heavy atom. The second-order valence-electron chi connectivity index (χ2n) is 7.88. The number of aromatic nitrogens is 3. The molecule has 0 saturated heterocycles. The maximum atomic E-state index is 14.1. The minimum Gasteiger partial charge on any atom is -0.493 e. The number of benzene rings is 3. The molecule has 0 saturated carbocycles. The number of hydrogen-bond donors (Lipinski definition) is 2. The number of rotatable bonds is 8. The second kappa shape index (κ2) is 10.7. The zero-order valence-electron chi connectivity index (χ0n) is 19.6. The van der Waals surface area contributed by atoms with E-state index in [4.69, 9.17) is 19.3 Å².